The van der Waals surface area contributed by atoms with E-state index in [1.807, 2.05) is 7.05 Å². The summed E-state index contributed by atoms with van der Waals surface area (Å²) in [7, 11) is 1.96. The molecule has 0 aliphatic rings. The van der Waals surface area contributed by atoms with Crippen molar-refractivity contribution in [3.63, 3.8) is 0 Å². The van der Waals surface area contributed by atoms with Gasteiger partial charge in [0.2, 0.25) is 0 Å². The van der Waals surface area contributed by atoms with Crippen LogP contribution in [0.2, 0.25) is 0 Å². The van der Waals surface area contributed by atoms with E-state index >= 15 is 0 Å². The van der Waals surface area contributed by atoms with Crippen LogP contribution in [0.5, 0.6) is 0 Å². The Balaban J connectivity index is 2.24. The first-order chi connectivity index (χ1) is 8.24. The molecule has 17 heavy (non-hydrogen) atoms. The summed E-state index contributed by atoms with van der Waals surface area (Å²) in [6, 6.07) is 2.61. The minimum absolute atomic E-state index is 0.421. The predicted molar refractivity (Wildman–Crippen MR) is 73.8 cm³/mol. The Kier molecular flexibility index (Phi) is 3.91. The Morgan fingerprint density at radius 3 is 2.94 bits per heavy atom. The highest BCUT2D eigenvalue weighted by Gasteiger charge is 2.08. The van der Waals surface area contributed by atoms with Crippen molar-refractivity contribution in [1.82, 2.24) is 15.3 Å². The first-order valence-electron chi connectivity index (χ1n) is 5.89. The highest BCUT2D eigenvalue weighted by atomic mass is 32.1. The molecule has 0 amide bonds. The smallest absolute Gasteiger partial charge is 0.138 e. The van der Waals surface area contributed by atoms with Gasteiger partial charge in [-0.1, -0.05) is 6.92 Å². The fourth-order valence-corrected chi connectivity index (χ4v) is 2.51. The molecule has 1 unspecified atom stereocenters. The van der Waals surface area contributed by atoms with Crippen molar-refractivity contribution in [3.8, 4) is 0 Å². The number of aromatic nitrogens is 2. The molecule has 0 aromatic carbocycles. The summed E-state index contributed by atoms with van der Waals surface area (Å²) in [5.41, 5.74) is 0. The van der Waals surface area contributed by atoms with Gasteiger partial charge in [0.15, 0.2) is 0 Å². The fourth-order valence-electron chi connectivity index (χ4n) is 1.57. The van der Waals surface area contributed by atoms with E-state index in [0.29, 0.717) is 6.04 Å². The third-order valence-corrected chi connectivity index (χ3v) is 3.98. The molecule has 2 heterocycles. The first kappa shape index (κ1) is 12.3. The number of thiophene rings is 1. The third kappa shape index (κ3) is 2.73. The molecule has 0 saturated heterocycles. The normalized spacial score (nSPS) is 12.9. The molecule has 0 spiro atoms. The molecule has 0 fully saturated rings. The van der Waals surface area contributed by atoms with Crippen LogP contribution in [0.4, 0.5) is 5.82 Å². The molecule has 0 bridgehead atoms. The van der Waals surface area contributed by atoms with Crippen molar-refractivity contribution < 1.29 is 0 Å². The van der Waals surface area contributed by atoms with E-state index in [-0.39, 0.29) is 0 Å². The second-order valence-corrected chi connectivity index (χ2v) is 5.19. The third-order valence-electron chi connectivity index (χ3n) is 2.80. The molecule has 0 aliphatic heterocycles. The van der Waals surface area contributed by atoms with Gasteiger partial charge >= 0.3 is 0 Å². The van der Waals surface area contributed by atoms with Crippen molar-refractivity contribution in [1.29, 1.82) is 0 Å². The van der Waals surface area contributed by atoms with Gasteiger partial charge in [0, 0.05) is 17.5 Å². The van der Waals surface area contributed by atoms with Crippen LogP contribution in [0.25, 0.3) is 10.2 Å². The molecule has 92 valence electrons. The maximum absolute atomic E-state index is 4.32. The summed E-state index contributed by atoms with van der Waals surface area (Å²) in [5.74, 6) is 0.938. The van der Waals surface area contributed by atoms with E-state index in [4.69, 9.17) is 0 Å². The summed E-state index contributed by atoms with van der Waals surface area (Å²) >= 11 is 1.74. The second-order valence-electron chi connectivity index (χ2n) is 4.08. The number of anilines is 1. The maximum Gasteiger partial charge on any atom is 0.138 e. The SMILES string of the molecule is CCc1cc2c(NCC(C)NC)ncnc2s1. The van der Waals surface area contributed by atoms with Crippen LogP contribution in [0, 0.1) is 0 Å². The maximum atomic E-state index is 4.32. The van der Waals surface area contributed by atoms with Crippen LogP contribution in [-0.2, 0) is 6.42 Å². The first-order valence-corrected chi connectivity index (χ1v) is 6.70. The Bertz CT molecular complexity index is 494. The molecule has 4 nitrogen and oxygen atoms in total. The number of rotatable bonds is 5. The predicted octanol–water partition coefficient (Wildman–Crippen LogP) is 2.27. The number of nitrogens with one attached hydrogen (secondary N) is 2. The fraction of sp³-hybridized carbons (Fsp3) is 0.500. The van der Waals surface area contributed by atoms with Gasteiger partial charge in [-0.05, 0) is 26.5 Å². The summed E-state index contributed by atoms with van der Waals surface area (Å²) < 4.78 is 0. The summed E-state index contributed by atoms with van der Waals surface area (Å²) in [6.45, 7) is 5.16. The monoisotopic (exact) mass is 250 g/mol. The number of aryl methyl sites for hydroxylation is 1. The average molecular weight is 250 g/mol. The number of hydrogen-bond donors (Lipinski definition) is 2. The van der Waals surface area contributed by atoms with Crippen LogP contribution >= 0.6 is 11.3 Å². The van der Waals surface area contributed by atoms with Gasteiger partial charge in [0.05, 0.1) is 5.39 Å². The molecule has 5 heteroatoms. The number of likely N-dealkylation sites (N-methyl/N-ethyl adjacent to an activating group) is 1. The lowest BCUT2D eigenvalue weighted by Gasteiger charge is -2.11. The highest BCUT2D eigenvalue weighted by molar-refractivity contribution is 7.18. The minimum atomic E-state index is 0.421. The number of nitrogens with zero attached hydrogens (tertiary/aromatic N) is 2. The van der Waals surface area contributed by atoms with Crippen molar-refractivity contribution in [2.75, 3.05) is 18.9 Å². The van der Waals surface area contributed by atoms with E-state index in [1.165, 1.54) is 4.88 Å². The Morgan fingerprint density at radius 2 is 2.24 bits per heavy atom. The molecule has 1 atom stereocenters. The zero-order valence-electron chi connectivity index (χ0n) is 10.4. The molecule has 2 aromatic rings. The molecule has 2 N–H and O–H groups in total. The van der Waals surface area contributed by atoms with E-state index in [1.54, 1.807) is 17.7 Å². The van der Waals surface area contributed by atoms with Crippen LogP contribution in [0.1, 0.15) is 18.7 Å². The molecule has 0 aliphatic carbocycles. The largest absolute Gasteiger partial charge is 0.368 e. The van der Waals surface area contributed by atoms with Crippen molar-refractivity contribution in [2.24, 2.45) is 0 Å². The standard InChI is InChI=1S/C12H18N4S/c1-4-9-5-10-11(14-6-8(2)13-3)15-7-16-12(10)17-9/h5,7-8,13H,4,6H2,1-3H3,(H,14,15,16). The van der Waals surface area contributed by atoms with E-state index < -0.39 is 0 Å². The van der Waals surface area contributed by atoms with Gasteiger partial charge in [0.25, 0.3) is 0 Å². The van der Waals surface area contributed by atoms with Crippen molar-refractivity contribution in [2.45, 2.75) is 26.3 Å². The lowest BCUT2D eigenvalue weighted by molar-refractivity contribution is 0.637. The van der Waals surface area contributed by atoms with Gasteiger partial charge in [-0.3, -0.25) is 0 Å². The van der Waals surface area contributed by atoms with Gasteiger partial charge < -0.3 is 10.6 Å². The Hall–Kier alpha value is -1.20. The molecule has 0 saturated carbocycles. The lowest BCUT2D eigenvalue weighted by atomic mass is 10.3. The zero-order valence-corrected chi connectivity index (χ0v) is 11.3. The van der Waals surface area contributed by atoms with E-state index in [0.717, 1.165) is 29.0 Å². The summed E-state index contributed by atoms with van der Waals surface area (Å²) in [4.78, 5) is 11.0. The molecular formula is C12H18N4S. The minimum Gasteiger partial charge on any atom is -0.368 e. The van der Waals surface area contributed by atoms with Crippen molar-refractivity contribution >= 4 is 27.4 Å². The zero-order chi connectivity index (χ0) is 12.3. The molecule has 2 aromatic heterocycles. The van der Waals surface area contributed by atoms with Gasteiger partial charge in [-0.15, -0.1) is 11.3 Å². The van der Waals surface area contributed by atoms with Crippen LogP contribution in [-0.4, -0.2) is 29.6 Å². The summed E-state index contributed by atoms with van der Waals surface area (Å²) in [5, 5.41) is 7.70. The van der Waals surface area contributed by atoms with Crippen LogP contribution in [0.3, 0.4) is 0 Å². The lowest BCUT2D eigenvalue weighted by Crippen LogP contribution is -2.29. The topological polar surface area (TPSA) is 49.8 Å². The second kappa shape index (κ2) is 5.42. The Morgan fingerprint density at radius 1 is 1.41 bits per heavy atom. The van der Waals surface area contributed by atoms with Gasteiger partial charge in [-0.2, -0.15) is 0 Å². The molecular weight excluding hydrogens is 232 g/mol. The molecule has 0 radical (unpaired) electrons. The highest BCUT2D eigenvalue weighted by Crippen LogP contribution is 2.28. The van der Waals surface area contributed by atoms with Crippen LogP contribution in [0.15, 0.2) is 12.4 Å². The van der Waals surface area contributed by atoms with Crippen LogP contribution < -0.4 is 10.6 Å². The molecule has 2 rings (SSSR count). The summed E-state index contributed by atoms with van der Waals surface area (Å²) in [6.07, 6.45) is 2.68. The quantitative estimate of drug-likeness (QED) is 0.854. The van der Waals surface area contributed by atoms with E-state index in [9.17, 15) is 0 Å². The van der Waals surface area contributed by atoms with E-state index in [2.05, 4.69) is 40.5 Å². The van der Waals surface area contributed by atoms with Gasteiger partial charge in [0.1, 0.15) is 17.0 Å². The van der Waals surface area contributed by atoms with Gasteiger partial charge in [-0.25, -0.2) is 9.97 Å². The average Bonchev–Trinajstić information content (AvgIpc) is 2.79. The number of fused-ring (bicyclic) bond motifs is 1. The Labute approximate surface area is 105 Å². The number of hydrogen-bond acceptors (Lipinski definition) is 5. The van der Waals surface area contributed by atoms with Crippen molar-refractivity contribution in [3.05, 3.63) is 17.3 Å².